The Morgan fingerprint density at radius 2 is 1.95 bits per heavy atom. The average molecular weight is 370 g/mol. The van der Waals surface area contributed by atoms with E-state index in [1.165, 1.54) is 0 Å². The number of halogens is 1. The lowest BCUT2D eigenvalue weighted by Gasteiger charge is -2.39. The Labute approximate surface area is 125 Å². The SMILES string of the molecule is O=C1CN(c2cccc(I)c2)C(=O)C2(CCCC2)N1. The number of anilines is 1. The summed E-state index contributed by atoms with van der Waals surface area (Å²) in [5.74, 6) is -0.00744. The summed E-state index contributed by atoms with van der Waals surface area (Å²) in [6, 6.07) is 7.73. The van der Waals surface area contributed by atoms with Crippen LogP contribution < -0.4 is 10.2 Å². The minimum Gasteiger partial charge on any atom is -0.340 e. The quantitative estimate of drug-likeness (QED) is 0.770. The summed E-state index contributed by atoms with van der Waals surface area (Å²) in [7, 11) is 0. The van der Waals surface area contributed by atoms with Gasteiger partial charge in [-0.15, -0.1) is 0 Å². The molecule has 1 heterocycles. The molecule has 1 aliphatic heterocycles. The standard InChI is InChI=1S/C14H15IN2O2/c15-10-4-3-5-11(8-10)17-9-12(18)16-14(13(17)19)6-1-2-7-14/h3-5,8H,1-2,6-7,9H2,(H,16,18). The van der Waals surface area contributed by atoms with E-state index in [1.807, 2.05) is 24.3 Å². The van der Waals surface area contributed by atoms with E-state index in [9.17, 15) is 9.59 Å². The molecule has 2 aliphatic rings. The first-order valence-corrected chi connectivity index (χ1v) is 7.57. The van der Waals surface area contributed by atoms with E-state index in [-0.39, 0.29) is 18.4 Å². The third-order valence-electron chi connectivity index (χ3n) is 3.91. The number of hydrogen-bond donors (Lipinski definition) is 1. The monoisotopic (exact) mass is 370 g/mol. The lowest BCUT2D eigenvalue weighted by atomic mass is 9.92. The second-order valence-corrected chi connectivity index (χ2v) is 6.45. The van der Waals surface area contributed by atoms with Crippen LogP contribution in [0.4, 0.5) is 5.69 Å². The molecule has 0 unspecified atom stereocenters. The van der Waals surface area contributed by atoms with Gasteiger partial charge in [0.05, 0.1) is 0 Å². The summed E-state index contributed by atoms with van der Waals surface area (Å²) in [5, 5.41) is 2.92. The minimum absolute atomic E-state index is 0.0478. The average Bonchev–Trinajstić information content (AvgIpc) is 2.83. The highest BCUT2D eigenvalue weighted by molar-refractivity contribution is 14.1. The molecular weight excluding hydrogens is 355 g/mol. The molecule has 19 heavy (non-hydrogen) atoms. The van der Waals surface area contributed by atoms with E-state index in [0.717, 1.165) is 34.9 Å². The van der Waals surface area contributed by atoms with Gasteiger partial charge in [-0.25, -0.2) is 0 Å². The van der Waals surface area contributed by atoms with Crippen LogP contribution >= 0.6 is 22.6 Å². The van der Waals surface area contributed by atoms with Crippen molar-refractivity contribution in [1.29, 1.82) is 0 Å². The summed E-state index contributed by atoms with van der Waals surface area (Å²) in [6.07, 6.45) is 3.54. The van der Waals surface area contributed by atoms with E-state index >= 15 is 0 Å². The molecule has 0 atom stereocenters. The normalized spacial score (nSPS) is 21.8. The molecule has 1 aliphatic carbocycles. The van der Waals surface area contributed by atoms with Gasteiger partial charge in [-0.2, -0.15) is 0 Å². The molecule has 100 valence electrons. The molecule has 0 bridgehead atoms. The second-order valence-electron chi connectivity index (χ2n) is 5.21. The van der Waals surface area contributed by atoms with Gasteiger partial charge >= 0.3 is 0 Å². The molecule has 0 radical (unpaired) electrons. The van der Waals surface area contributed by atoms with Crippen molar-refractivity contribution in [3.63, 3.8) is 0 Å². The molecule has 2 amide bonds. The number of carbonyl (C=O) groups excluding carboxylic acids is 2. The van der Waals surface area contributed by atoms with Crippen LogP contribution in [0.5, 0.6) is 0 Å². The van der Waals surface area contributed by atoms with Crippen LogP contribution in [0.1, 0.15) is 25.7 Å². The van der Waals surface area contributed by atoms with Gasteiger partial charge in [0.1, 0.15) is 12.1 Å². The molecule has 1 spiro atoms. The Kier molecular flexibility index (Phi) is 3.24. The van der Waals surface area contributed by atoms with Gasteiger partial charge in [-0.1, -0.05) is 18.9 Å². The lowest BCUT2D eigenvalue weighted by Crippen LogP contribution is -2.65. The lowest BCUT2D eigenvalue weighted by molar-refractivity contribution is -0.135. The molecule has 1 N–H and O–H groups in total. The number of nitrogens with one attached hydrogen (secondary N) is 1. The Hall–Kier alpha value is -1.11. The van der Waals surface area contributed by atoms with Crippen LogP contribution in [-0.2, 0) is 9.59 Å². The van der Waals surface area contributed by atoms with Gasteiger partial charge in [0, 0.05) is 9.26 Å². The largest absolute Gasteiger partial charge is 0.340 e. The predicted octanol–water partition coefficient (Wildman–Crippen LogP) is 2.07. The van der Waals surface area contributed by atoms with Crippen molar-refractivity contribution in [2.75, 3.05) is 11.4 Å². The van der Waals surface area contributed by atoms with Gasteiger partial charge < -0.3 is 10.2 Å². The Bertz CT molecular complexity index is 538. The maximum Gasteiger partial charge on any atom is 0.253 e. The molecule has 3 rings (SSSR count). The number of carbonyl (C=O) groups is 2. The highest BCUT2D eigenvalue weighted by atomic mass is 127. The number of piperazine rings is 1. The summed E-state index contributed by atoms with van der Waals surface area (Å²) in [4.78, 5) is 26.3. The van der Waals surface area contributed by atoms with E-state index in [0.29, 0.717) is 0 Å². The molecule has 0 aromatic heterocycles. The zero-order valence-corrected chi connectivity index (χ0v) is 12.6. The topological polar surface area (TPSA) is 49.4 Å². The Balaban J connectivity index is 1.97. The van der Waals surface area contributed by atoms with Crippen molar-refractivity contribution in [2.24, 2.45) is 0 Å². The molecule has 1 saturated heterocycles. The van der Waals surface area contributed by atoms with Crippen LogP contribution in [0.25, 0.3) is 0 Å². The van der Waals surface area contributed by atoms with Crippen molar-refractivity contribution in [1.82, 2.24) is 5.32 Å². The number of amides is 2. The van der Waals surface area contributed by atoms with Crippen molar-refractivity contribution in [2.45, 2.75) is 31.2 Å². The third-order valence-corrected chi connectivity index (χ3v) is 4.58. The Morgan fingerprint density at radius 3 is 2.63 bits per heavy atom. The fraction of sp³-hybridized carbons (Fsp3) is 0.429. The fourth-order valence-electron chi connectivity index (χ4n) is 3.00. The van der Waals surface area contributed by atoms with Crippen LogP contribution in [0.15, 0.2) is 24.3 Å². The van der Waals surface area contributed by atoms with Crippen molar-refractivity contribution >= 4 is 40.1 Å². The van der Waals surface area contributed by atoms with Gasteiger partial charge in [0.15, 0.2) is 0 Å². The zero-order valence-electron chi connectivity index (χ0n) is 10.5. The van der Waals surface area contributed by atoms with Crippen molar-refractivity contribution < 1.29 is 9.59 Å². The number of benzene rings is 1. The highest BCUT2D eigenvalue weighted by Gasteiger charge is 2.48. The van der Waals surface area contributed by atoms with E-state index < -0.39 is 5.54 Å². The predicted molar refractivity (Wildman–Crippen MR) is 80.9 cm³/mol. The van der Waals surface area contributed by atoms with Crippen molar-refractivity contribution in [3.05, 3.63) is 27.8 Å². The van der Waals surface area contributed by atoms with Crippen LogP contribution in [0.3, 0.4) is 0 Å². The molecule has 5 heteroatoms. The van der Waals surface area contributed by atoms with E-state index in [2.05, 4.69) is 27.9 Å². The van der Waals surface area contributed by atoms with E-state index in [4.69, 9.17) is 0 Å². The van der Waals surface area contributed by atoms with Crippen LogP contribution in [-0.4, -0.2) is 23.9 Å². The summed E-state index contributed by atoms with van der Waals surface area (Å²) in [6.45, 7) is 0.126. The van der Waals surface area contributed by atoms with E-state index in [1.54, 1.807) is 4.90 Å². The van der Waals surface area contributed by atoms with Crippen LogP contribution in [0, 0.1) is 3.57 Å². The van der Waals surface area contributed by atoms with Gasteiger partial charge in [0.25, 0.3) is 5.91 Å². The first kappa shape index (κ1) is 12.9. The second kappa shape index (κ2) is 4.77. The molecule has 4 nitrogen and oxygen atoms in total. The fourth-order valence-corrected chi connectivity index (χ4v) is 3.53. The molecule has 1 aromatic carbocycles. The third kappa shape index (κ3) is 2.24. The number of hydrogen-bond acceptors (Lipinski definition) is 2. The van der Waals surface area contributed by atoms with Gasteiger partial charge in [0.2, 0.25) is 5.91 Å². The molecule has 1 aromatic rings. The molecular formula is C14H15IN2O2. The van der Waals surface area contributed by atoms with Gasteiger partial charge in [-0.05, 0) is 53.6 Å². The van der Waals surface area contributed by atoms with Crippen LogP contribution in [0.2, 0.25) is 0 Å². The summed E-state index contributed by atoms with van der Waals surface area (Å²) < 4.78 is 1.06. The number of nitrogens with zero attached hydrogens (tertiary/aromatic N) is 1. The first-order valence-electron chi connectivity index (χ1n) is 6.49. The Morgan fingerprint density at radius 1 is 1.21 bits per heavy atom. The maximum atomic E-state index is 12.7. The minimum atomic E-state index is -0.642. The summed E-state index contributed by atoms with van der Waals surface area (Å²) >= 11 is 2.22. The molecule has 2 fully saturated rings. The zero-order chi connectivity index (χ0) is 13.5. The smallest absolute Gasteiger partial charge is 0.253 e. The van der Waals surface area contributed by atoms with Gasteiger partial charge in [-0.3, -0.25) is 9.59 Å². The molecule has 1 saturated carbocycles. The maximum absolute atomic E-state index is 12.7. The number of rotatable bonds is 1. The first-order chi connectivity index (χ1) is 9.11. The van der Waals surface area contributed by atoms with Crippen molar-refractivity contribution in [3.8, 4) is 0 Å². The highest BCUT2D eigenvalue weighted by Crippen LogP contribution is 2.35. The summed E-state index contributed by atoms with van der Waals surface area (Å²) in [5.41, 5.74) is 0.175.